The lowest BCUT2D eigenvalue weighted by molar-refractivity contribution is -0.0875. The first-order chi connectivity index (χ1) is 11.8. The molecule has 2 saturated carbocycles. The summed E-state index contributed by atoms with van der Waals surface area (Å²) in [6.45, 7) is 10.3. The number of rotatable bonds is 14. The third kappa shape index (κ3) is 7.12. The Morgan fingerprint density at radius 3 is 1.96 bits per heavy atom. The minimum atomic E-state index is -0.416. The highest BCUT2D eigenvalue weighted by molar-refractivity contribution is 4.90. The summed E-state index contributed by atoms with van der Waals surface area (Å²) in [4.78, 5) is 0. The Kier molecular flexibility index (Phi) is 7.67. The first kappa shape index (κ1) is 21.1. The molecule has 0 amide bonds. The summed E-state index contributed by atoms with van der Waals surface area (Å²) in [5.41, 5.74) is -0.670. The molecule has 0 radical (unpaired) electrons. The Hall–Kier alpha value is -0.240. The van der Waals surface area contributed by atoms with Gasteiger partial charge in [-0.05, 0) is 57.3 Å². The van der Waals surface area contributed by atoms with E-state index in [9.17, 15) is 0 Å². The van der Waals surface area contributed by atoms with Gasteiger partial charge in [-0.15, -0.1) is 0 Å². The molecule has 148 valence electrons. The van der Waals surface area contributed by atoms with E-state index in [0.29, 0.717) is 30.3 Å². The molecule has 2 aliphatic carbocycles. The van der Waals surface area contributed by atoms with Crippen LogP contribution < -0.4 is 10.6 Å². The fourth-order valence-electron chi connectivity index (χ4n) is 3.13. The van der Waals surface area contributed by atoms with Crippen molar-refractivity contribution in [1.82, 2.24) is 10.6 Å². The Labute approximate surface area is 153 Å². The fraction of sp³-hybridized carbons (Fsp3) is 1.00. The summed E-state index contributed by atoms with van der Waals surface area (Å²) in [6, 6.07) is 0. The number of methoxy groups -OCH3 is 3. The van der Waals surface area contributed by atoms with Crippen molar-refractivity contribution in [1.29, 1.82) is 0 Å². The van der Waals surface area contributed by atoms with Crippen LogP contribution in [-0.2, 0) is 18.9 Å². The van der Waals surface area contributed by atoms with Gasteiger partial charge in [0.1, 0.15) is 11.4 Å². The monoisotopic (exact) mass is 358 g/mol. The lowest BCUT2D eigenvalue weighted by atomic mass is 10.2. The Morgan fingerprint density at radius 2 is 1.40 bits per heavy atom. The van der Waals surface area contributed by atoms with Crippen molar-refractivity contribution < 1.29 is 18.9 Å². The van der Waals surface area contributed by atoms with Crippen molar-refractivity contribution in [3.05, 3.63) is 0 Å². The van der Waals surface area contributed by atoms with Gasteiger partial charge in [-0.3, -0.25) is 10.6 Å². The zero-order chi connectivity index (χ0) is 18.5. The summed E-state index contributed by atoms with van der Waals surface area (Å²) in [7, 11) is 5.25. The highest BCUT2D eigenvalue weighted by Gasteiger charge is 2.40. The van der Waals surface area contributed by atoms with Crippen LogP contribution in [0.2, 0.25) is 0 Å². The van der Waals surface area contributed by atoms with E-state index in [0.717, 1.165) is 26.3 Å². The second kappa shape index (κ2) is 9.11. The topological polar surface area (TPSA) is 61.0 Å². The van der Waals surface area contributed by atoms with Crippen LogP contribution in [0.5, 0.6) is 0 Å². The fourth-order valence-corrected chi connectivity index (χ4v) is 3.13. The van der Waals surface area contributed by atoms with E-state index in [4.69, 9.17) is 18.9 Å². The summed E-state index contributed by atoms with van der Waals surface area (Å²) in [5.74, 6) is 2.75. The Bertz CT molecular complexity index is 407. The van der Waals surface area contributed by atoms with Crippen molar-refractivity contribution in [2.24, 2.45) is 23.7 Å². The quantitative estimate of drug-likeness (QED) is 0.462. The molecule has 0 heterocycles. The molecule has 6 heteroatoms. The van der Waals surface area contributed by atoms with E-state index in [2.05, 4.69) is 17.6 Å². The first-order valence-electron chi connectivity index (χ1n) is 9.49. The van der Waals surface area contributed by atoms with E-state index in [1.807, 2.05) is 13.8 Å². The second-order valence-electron chi connectivity index (χ2n) is 8.39. The first-order valence-corrected chi connectivity index (χ1v) is 9.49. The van der Waals surface area contributed by atoms with E-state index < -0.39 is 5.72 Å². The maximum absolute atomic E-state index is 5.96. The number of ether oxygens (including phenoxy) is 4. The number of hydrogen-bond acceptors (Lipinski definition) is 6. The molecule has 2 rings (SSSR count). The molecular weight excluding hydrogens is 320 g/mol. The predicted molar refractivity (Wildman–Crippen MR) is 98.4 cm³/mol. The maximum atomic E-state index is 5.96. The van der Waals surface area contributed by atoms with E-state index in [1.165, 1.54) is 12.8 Å². The number of hydrogen-bond donors (Lipinski definition) is 2. The molecular formula is C19H38N2O4. The van der Waals surface area contributed by atoms with Gasteiger partial charge in [0.25, 0.3) is 0 Å². The van der Waals surface area contributed by atoms with Gasteiger partial charge >= 0.3 is 0 Å². The molecule has 0 spiro atoms. The van der Waals surface area contributed by atoms with Crippen LogP contribution in [0.25, 0.3) is 0 Å². The molecule has 5 unspecified atom stereocenters. The molecule has 0 aromatic heterocycles. The summed E-state index contributed by atoms with van der Waals surface area (Å²) < 4.78 is 22.2. The van der Waals surface area contributed by atoms with Crippen LogP contribution in [0, 0.1) is 23.7 Å². The molecule has 0 saturated heterocycles. The molecule has 2 aliphatic rings. The van der Waals surface area contributed by atoms with Gasteiger partial charge in [-0.1, -0.05) is 0 Å². The SMILES string of the molecule is COCC1CC1CNC(C)(COCC1CC1CNC(C)(C)OC)OC. The minimum Gasteiger partial charge on any atom is -0.384 e. The van der Waals surface area contributed by atoms with Gasteiger partial charge in [-0.25, -0.2) is 0 Å². The van der Waals surface area contributed by atoms with Gasteiger partial charge in [0, 0.05) is 47.6 Å². The Balaban J connectivity index is 1.57. The van der Waals surface area contributed by atoms with Crippen LogP contribution in [0.4, 0.5) is 0 Å². The molecule has 5 atom stereocenters. The zero-order valence-corrected chi connectivity index (χ0v) is 16.9. The highest BCUT2D eigenvalue weighted by Crippen LogP contribution is 2.39. The van der Waals surface area contributed by atoms with Crippen molar-refractivity contribution in [2.45, 2.75) is 45.1 Å². The van der Waals surface area contributed by atoms with Gasteiger partial charge < -0.3 is 18.9 Å². The average Bonchev–Trinajstić information content (AvgIpc) is 3.49. The average molecular weight is 359 g/mol. The maximum Gasteiger partial charge on any atom is 0.139 e. The molecule has 2 fully saturated rings. The smallest absolute Gasteiger partial charge is 0.139 e. The van der Waals surface area contributed by atoms with Crippen molar-refractivity contribution in [3.63, 3.8) is 0 Å². The summed E-state index contributed by atoms with van der Waals surface area (Å²) in [6.07, 6.45) is 2.47. The van der Waals surface area contributed by atoms with Crippen molar-refractivity contribution in [2.75, 3.05) is 54.2 Å². The largest absolute Gasteiger partial charge is 0.384 e. The van der Waals surface area contributed by atoms with Gasteiger partial charge in [0.2, 0.25) is 0 Å². The van der Waals surface area contributed by atoms with Crippen LogP contribution in [0.1, 0.15) is 33.6 Å². The predicted octanol–water partition coefficient (Wildman–Crippen LogP) is 1.85. The second-order valence-corrected chi connectivity index (χ2v) is 8.39. The minimum absolute atomic E-state index is 0.254. The third-order valence-corrected chi connectivity index (χ3v) is 5.72. The van der Waals surface area contributed by atoms with E-state index in [-0.39, 0.29) is 5.72 Å². The van der Waals surface area contributed by atoms with Crippen molar-refractivity contribution >= 4 is 0 Å². The standard InChI is InChI=1S/C19H38N2O4/c1-18(2,23-5)20-9-14-8-17(14)12-25-13-19(3,24-6)21-10-15-7-16(15)11-22-4/h14-17,20-21H,7-13H2,1-6H3. The molecule has 0 aromatic carbocycles. The lowest BCUT2D eigenvalue weighted by Gasteiger charge is -2.29. The normalized spacial score (nSPS) is 31.0. The Morgan fingerprint density at radius 1 is 0.800 bits per heavy atom. The van der Waals surface area contributed by atoms with Crippen LogP contribution >= 0.6 is 0 Å². The van der Waals surface area contributed by atoms with Gasteiger partial charge in [0.05, 0.1) is 6.61 Å². The summed E-state index contributed by atoms with van der Waals surface area (Å²) >= 11 is 0. The molecule has 0 aliphatic heterocycles. The molecule has 6 nitrogen and oxygen atoms in total. The summed E-state index contributed by atoms with van der Waals surface area (Å²) in [5, 5.41) is 6.97. The highest BCUT2D eigenvalue weighted by atomic mass is 16.5. The zero-order valence-electron chi connectivity index (χ0n) is 16.9. The van der Waals surface area contributed by atoms with Gasteiger partial charge in [-0.2, -0.15) is 0 Å². The third-order valence-electron chi connectivity index (χ3n) is 5.72. The van der Waals surface area contributed by atoms with Crippen molar-refractivity contribution in [3.8, 4) is 0 Å². The molecule has 25 heavy (non-hydrogen) atoms. The van der Waals surface area contributed by atoms with E-state index in [1.54, 1.807) is 21.3 Å². The molecule has 0 bridgehead atoms. The van der Waals surface area contributed by atoms with E-state index >= 15 is 0 Å². The van der Waals surface area contributed by atoms with Crippen LogP contribution in [0.3, 0.4) is 0 Å². The molecule has 2 N–H and O–H groups in total. The van der Waals surface area contributed by atoms with Crippen LogP contribution in [-0.4, -0.2) is 65.7 Å². The van der Waals surface area contributed by atoms with Gasteiger partial charge in [0.15, 0.2) is 0 Å². The molecule has 0 aromatic rings. The number of nitrogens with one attached hydrogen (secondary N) is 2. The van der Waals surface area contributed by atoms with Crippen LogP contribution in [0.15, 0.2) is 0 Å². The lowest BCUT2D eigenvalue weighted by Crippen LogP contribution is -2.49.